The fourth-order valence-corrected chi connectivity index (χ4v) is 3.26. The normalized spacial score (nSPS) is 11.1. The van der Waals surface area contributed by atoms with Crippen molar-refractivity contribution in [2.24, 2.45) is 0 Å². The zero-order valence-electron chi connectivity index (χ0n) is 15.3. The summed E-state index contributed by atoms with van der Waals surface area (Å²) in [4.78, 5) is 6.89. The molecule has 2 aromatic carbocycles. The van der Waals surface area contributed by atoms with Crippen LogP contribution >= 0.6 is 0 Å². The molecular formula is C20H21N5O. The molecular weight excluding hydrogens is 326 g/mol. The third-order valence-electron chi connectivity index (χ3n) is 4.54. The zero-order valence-corrected chi connectivity index (χ0v) is 15.3. The second-order valence-corrected chi connectivity index (χ2v) is 6.52. The number of hydrogen-bond acceptors (Lipinski definition) is 5. The number of nitrogens with zero attached hydrogens (tertiary/aromatic N) is 3. The average molecular weight is 347 g/mol. The van der Waals surface area contributed by atoms with Gasteiger partial charge in [-0.05, 0) is 48.9 Å². The van der Waals surface area contributed by atoms with E-state index in [0.29, 0.717) is 0 Å². The molecule has 0 spiro atoms. The molecule has 4 rings (SSSR count). The number of aromatic nitrogens is 3. The van der Waals surface area contributed by atoms with Gasteiger partial charge >= 0.3 is 0 Å². The van der Waals surface area contributed by atoms with Crippen molar-refractivity contribution in [1.29, 1.82) is 0 Å². The first-order valence-electron chi connectivity index (χ1n) is 8.42. The molecule has 0 fully saturated rings. The van der Waals surface area contributed by atoms with Gasteiger partial charge in [-0.15, -0.1) is 0 Å². The molecule has 26 heavy (non-hydrogen) atoms. The Morgan fingerprint density at radius 3 is 2.65 bits per heavy atom. The van der Waals surface area contributed by atoms with Gasteiger partial charge in [-0.2, -0.15) is 5.10 Å². The molecule has 6 heteroatoms. The summed E-state index contributed by atoms with van der Waals surface area (Å²) in [6.45, 7) is 2.10. The molecule has 0 aliphatic heterocycles. The minimum Gasteiger partial charge on any atom is -0.497 e. The summed E-state index contributed by atoms with van der Waals surface area (Å²) < 4.78 is 5.34. The highest BCUT2D eigenvalue weighted by molar-refractivity contribution is 6.09. The zero-order chi connectivity index (χ0) is 18.3. The minimum atomic E-state index is 0.757. The van der Waals surface area contributed by atoms with Crippen molar-refractivity contribution >= 4 is 39.0 Å². The quantitative estimate of drug-likeness (QED) is 0.578. The molecule has 2 heterocycles. The van der Waals surface area contributed by atoms with Crippen molar-refractivity contribution < 1.29 is 4.74 Å². The molecule has 132 valence electrons. The number of rotatable bonds is 4. The maximum absolute atomic E-state index is 5.34. The summed E-state index contributed by atoms with van der Waals surface area (Å²) in [5.74, 6) is 1.56. The van der Waals surface area contributed by atoms with E-state index in [4.69, 9.17) is 9.72 Å². The summed E-state index contributed by atoms with van der Waals surface area (Å²) in [7, 11) is 5.75. The number of aryl methyl sites for hydroxylation is 1. The Bertz CT molecular complexity index is 1100. The van der Waals surface area contributed by atoms with E-state index in [1.165, 1.54) is 11.3 Å². The first-order chi connectivity index (χ1) is 12.6. The summed E-state index contributed by atoms with van der Waals surface area (Å²) in [5.41, 5.74) is 5.15. The highest BCUT2D eigenvalue weighted by Crippen LogP contribution is 2.32. The molecule has 0 aliphatic rings. The molecule has 0 bridgehead atoms. The molecule has 2 aromatic heterocycles. The Morgan fingerprint density at radius 2 is 1.92 bits per heavy atom. The maximum atomic E-state index is 5.34. The van der Waals surface area contributed by atoms with Gasteiger partial charge < -0.3 is 15.0 Å². The van der Waals surface area contributed by atoms with Crippen LogP contribution in [0.15, 0.2) is 42.6 Å². The Balaban J connectivity index is 1.81. The number of fused-ring (bicyclic) bond motifs is 3. The fraction of sp³-hybridized carbons (Fsp3) is 0.200. The number of benzene rings is 2. The minimum absolute atomic E-state index is 0.757. The third-order valence-corrected chi connectivity index (χ3v) is 4.54. The number of H-pyrrole nitrogens is 1. The van der Waals surface area contributed by atoms with Crippen LogP contribution in [0.1, 0.15) is 5.56 Å². The number of aromatic amines is 1. The molecule has 0 amide bonds. The van der Waals surface area contributed by atoms with E-state index >= 15 is 0 Å². The van der Waals surface area contributed by atoms with Gasteiger partial charge in [0.2, 0.25) is 0 Å². The molecule has 0 radical (unpaired) electrons. The summed E-state index contributed by atoms with van der Waals surface area (Å²) in [5, 5.41) is 12.7. The monoisotopic (exact) mass is 347 g/mol. The highest BCUT2D eigenvalue weighted by atomic mass is 16.5. The lowest BCUT2D eigenvalue weighted by atomic mass is 10.1. The first kappa shape index (κ1) is 16.2. The van der Waals surface area contributed by atoms with Gasteiger partial charge in [0.15, 0.2) is 5.82 Å². The van der Waals surface area contributed by atoms with Gasteiger partial charge in [0.1, 0.15) is 11.3 Å². The Hall–Kier alpha value is -3.28. The van der Waals surface area contributed by atoms with Gasteiger partial charge in [0.05, 0.1) is 18.8 Å². The SMILES string of the molecule is COc1ccc2nc(Nc3ccc(N(C)C)c(C)c3)c3[nH]ncc3c2c1. The van der Waals surface area contributed by atoms with E-state index in [1.54, 1.807) is 7.11 Å². The van der Waals surface area contributed by atoms with Crippen LogP contribution in [0.3, 0.4) is 0 Å². The van der Waals surface area contributed by atoms with Gasteiger partial charge in [-0.25, -0.2) is 4.98 Å². The van der Waals surface area contributed by atoms with E-state index in [0.717, 1.165) is 39.1 Å². The second-order valence-electron chi connectivity index (χ2n) is 6.52. The van der Waals surface area contributed by atoms with Crippen molar-refractivity contribution in [3.63, 3.8) is 0 Å². The molecule has 0 aliphatic carbocycles. The molecule has 0 saturated heterocycles. The number of hydrogen-bond donors (Lipinski definition) is 2. The summed E-state index contributed by atoms with van der Waals surface area (Å²) in [6.07, 6.45) is 1.82. The van der Waals surface area contributed by atoms with Crippen LogP contribution in [0.2, 0.25) is 0 Å². The smallest absolute Gasteiger partial charge is 0.157 e. The van der Waals surface area contributed by atoms with Gasteiger partial charge in [0, 0.05) is 36.2 Å². The van der Waals surface area contributed by atoms with Crippen LogP contribution in [0, 0.1) is 6.92 Å². The fourth-order valence-electron chi connectivity index (χ4n) is 3.26. The van der Waals surface area contributed by atoms with E-state index in [1.807, 2.05) is 38.5 Å². The lowest BCUT2D eigenvalue weighted by Gasteiger charge is -2.17. The number of nitrogens with one attached hydrogen (secondary N) is 2. The Kier molecular flexibility index (Phi) is 3.88. The largest absolute Gasteiger partial charge is 0.497 e. The number of pyridine rings is 1. The van der Waals surface area contributed by atoms with Crippen molar-refractivity contribution in [1.82, 2.24) is 15.2 Å². The maximum Gasteiger partial charge on any atom is 0.157 e. The van der Waals surface area contributed by atoms with Crippen molar-refractivity contribution in [2.75, 3.05) is 31.4 Å². The van der Waals surface area contributed by atoms with Crippen LogP contribution in [-0.4, -0.2) is 36.4 Å². The van der Waals surface area contributed by atoms with Gasteiger partial charge in [-0.3, -0.25) is 5.10 Å². The van der Waals surface area contributed by atoms with E-state index in [2.05, 4.69) is 45.5 Å². The van der Waals surface area contributed by atoms with Crippen molar-refractivity contribution in [3.8, 4) is 5.75 Å². The third kappa shape index (κ3) is 2.69. The van der Waals surface area contributed by atoms with E-state index < -0.39 is 0 Å². The Labute approximate surface area is 151 Å². The Morgan fingerprint density at radius 1 is 1.08 bits per heavy atom. The molecule has 6 nitrogen and oxygen atoms in total. The molecule has 0 saturated carbocycles. The van der Waals surface area contributed by atoms with Crippen LogP contribution < -0.4 is 15.0 Å². The molecule has 4 aromatic rings. The summed E-state index contributed by atoms with van der Waals surface area (Å²) >= 11 is 0. The van der Waals surface area contributed by atoms with Crippen LogP contribution in [-0.2, 0) is 0 Å². The number of anilines is 3. The van der Waals surface area contributed by atoms with Crippen LogP contribution in [0.4, 0.5) is 17.2 Å². The predicted octanol–water partition coefficient (Wildman–Crippen LogP) is 4.24. The molecule has 2 N–H and O–H groups in total. The second kappa shape index (κ2) is 6.22. The van der Waals surface area contributed by atoms with Crippen molar-refractivity contribution in [2.45, 2.75) is 6.92 Å². The topological polar surface area (TPSA) is 66.1 Å². The van der Waals surface area contributed by atoms with E-state index in [-0.39, 0.29) is 0 Å². The predicted molar refractivity (Wildman–Crippen MR) is 107 cm³/mol. The summed E-state index contributed by atoms with van der Waals surface area (Å²) in [6, 6.07) is 12.2. The number of methoxy groups -OCH3 is 1. The van der Waals surface area contributed by atoms with Crippen LogP contribution in [0.5, 0.6) is 5.75 Å². The van der Waals surface area contributed by atoms with Crippen LogP contribution in [0.25, 0.3) is 21.8 Å². The standard InChI is InChI=1S/C20H21N5O/c1-12-9-13(5-8-18(12)25(2)3)22-20-19-16(11-21-24-19)15-10-14(26-4)6-7-17(15)23-20/h5-11H,1-4H3,(H,21,24)(H,22,23). The van der Waals surface area contributed by atoms with E-state index in [9.17, 15) is 0 Å². The van der Waals surface area contributed by atoms with Gasteiger partial charge in [-0.1, -0.05) is 0 Å². The van der Waals surface area contributed by atoms with Crippen molar-refractivity contribution in [3.05, 3.63) is 48.2 Å². The first-order valence-corrected chi connectivity index (χ1v) is 8.42. The molecule has 0 unspecified atom stereocenters. The highest BCUT2D eigenvalue weighted by Gasteiger charge is 2.12. The lowest BCUT2D eigenvalue weighted by Crippen LogP contribution is -2.10. The number of ether oxygens (including phenoxy) is 1. The lowest BCUT2D eigenvalue weighted by molar-refractivity contribution is 0.415. The molecule has 0 atom stereocenters. The van der Waals surface area contributed by atoms with Gasteiger partial charge in [0.25, 0.3) is 0 Å². The average Bonchev–Trinajstić information content (AvgIpc) is 3.11.